The summed E-state index contributed by atoms with van der Waals surface area (Å²) >= 11 is 0. The van der Waals surface area contributed by atoms with E-state index in [0.29, 0.717) is 13.0 Å². The molecule has 0 radical (unpaired) electrons. The lowest BCUT2D eigenvalue weighted by Crippen LogP contribution is -2.06. The molecule has 2 heterocycles. The van der Waals surface area contributed by atoms with Crippen LogP contribution in [0.15, 0.2) is 71.9 Å². The molecule has 1 N–H and O–H groups in total. The number of pyridine rings is 1. The summed E-state index contributed by atoms with van der Waals surface area (Å²) in [5.74, 6) is -0.241. The van der Waals surface area contributed by atoms with E-state index in [0.717, 1.165) is 45.3 Å². The molecule has 1 aliphatic rings. The Labute approximate surface area is 168 Å². The van der Waals surface area contributed by atoms with Gasteiger partial charge in [0, 0.05) is 29.1 Å². The van der Waals surface area contributed by atoms with Crippen LogP contribution in [-0.4, -0.2) is 27.9 Å². The lowest BCUT2D eigenvalue weighted by molar-refractivity contribution is -0.131. The van der Waals surface area contributed by atoms with Crippen molar-refractivity contribution in [2.75, 3.05) is 0 Å². The zero-order valence-corrected chi connectivity index (χ0v) is 15.9. The fraction of sp³-hybridized carbons (Fsp3) is 0.174. The summed E-state index contributed by atoms with van der Waals surface area (Å²) in [7, 11) is 0. The molecular weight excluding hydrogens is 368 g/mol. The Balaban J connectivity index is 1.42. The van der Waals surface area contributed by atoms with Gasteiger partial charge in [-0.3, -0.25) is 4.98 Å². The molecule has 146 valence electrons. The summed E-state index contributed by atoms with van der Waals surface area (Å²) < 4.78 is 5.98. The molecule has 1 atom stereocenters. The first kappa shape index (κ1) is 18.7. The average molecular weight is 388 g/mol. The SMILES string of the molecule is Cc1cc(COc2ccc(C3=NOC(/C=C/C(=O)O)C3)cc2)c2ccccc2n1. The van der Waals surface area contributed by atoms with Crippen molar-refractivity contribution in [2.45, 2.75) is 26.1 Å². The van der Waals surface area contributed by atoms with Crippen LogP contribution < -0.4 is 4.74 Å². The highest BCUT2D eigenvalue weighted by Gasteiger charge is 2.20. The molecule has 0 saturated carbocycles. The van der Waals surface area contributed by atoms with Crippen molar-refractivity contribution in [3.63, 3.8) is 0 Å². The van der Waals surface area contributed by atoms with E-state index in [1.54, 1.807) is 0 Å². The van der Waals surface area contributed by atoms with Crippen LogP contribution in [-0.2, 0) is 16.2 Å². The summed E-state index contributed by atoms with van der Waals surface area (Å²) in [5.41, 5.74) is 4.73. The first-order valence-corrected chi connectivity index (χ1v) is 9.31. The number of hydrogen-bond acceptors (Lipinski definition) is 5. The van der Waals surface area contributed by atoms with Crippen LogP contribution in [0.2, 0.25) is 0 Å². The van der Waals surface area contributed by atoms with Gasteiger partial charge in [0.2, 0.25) is 0 Å². The highest BCUT2D eigenvalue weighted by molar-refractivity contribution is 6.01. The smallest absolute Gasteiger partial charge is 0.328 e. The van der Waals surface area contributed by atoms with Crippen molar-refractivity contribution in [1.29, 1.82) is 0 Å². The van der Waals surface area contributed by atoms with Crippen molar-refractivity contribution in [3.05, 3.63) is 83.6 Å². The van der Waals surface area contributed by atoms with Gasteiger partial charge in [0.15, 0.2) is 6.10 Å². The van der Waals surface area contributed by atoms with Crippen LogP contribution in [0.5, 0.6) is 5.75 Å². The Bertz CT molecular complexity index is 1100. The maximum absolute atomic E-state index is 10.6. The topological polar surface area (TPSA) is 81.0 Å². The second-order valence-electron chi connectivity index (χ2n) is 6.84. The number of ether oxygens (including phenoxy) is 1. The lowest BCUT2D eigenvalue weighted by Gasteiger charge is -2.10. The maximum Gasteiger partial charge on any atom is 0.328 e. The molecule has 0 saturated heterocycles. The second-order valence-corrected chi connectivity index (χ2v) is 6.84. The molecule has 0 fully saturated rings. The minimum absolute atomic E-state index is 0.347. The molecule has 0 aliphatic carbocycles. The fourth-order valence-corrected chi connectivity index (χ4v) is 3.28. The normalized spacial score (nSPS) is 16.0. The number of benzene rings is 2. The Morgan fingerprint density at radius 3 is 2.83 bits per heavy atom. The Kier molecular flexibility index (Phi) is 5.24. The number of aryl methyl sites for hydroxylation is 1. The number of oxime groups is 1. The van der Waals surface area contributed by atoms with E-state index in [4.69, 9.17) is 14.7 Å². The first-order chi connectivity index (χ1) is 14.1. The van der Waals surface area contributed by atoms with Gasteiger partial charge < -0.3 is 14.7 Å². The number of aromatic nitrogens is 1. The zero-order chi connectivity index (χ0) is 20.2. The highest BCUT2D eigenvalue weighted by Crippen LogP contribution is 2.23. The van der Waals surface area contributed by atoms with E-state index >= 15 is 0 Å². The van der Waals surface area contributed by atoms with Gasteiger partial charge in [-0.2, -0.15) is 0 Å². The molecule has 0 amide bonds. The molecule has 1 aliphatic heterocycles. The molecule has 0 bridgehead atoms. The third kappa shape index (κ3) is 4.43. The van der Waals surface area contributed by atoms with Gasteiger partial charge in [0.1, 0.15) is 12.4 Å². The van der Waals surface area contributed by atoms with Crippen molar-refractivity contribution in [3.8, 4) is 5.75 Å². The van der Waals surface area contributed by atoms with Crippen LogP contribution in [0, 0.1) is 6.92 Å². The molecule has 2 aromatic carbocycles. The molecular formula is C23H20N2O4. The molecule has 6 heteroatoms. The Hall–Kier alpha value is -3.67. The molecule has 3 aromatic rings. The van der Waals surface area contributed by atoms with Gasteiger partial charge in [-0.15, -0.1) is 0 Å². The van der Waals surface area contributed by atoms with E-state index in [1.165, 1.54) is 6.08 Å². The molecule has 29 heavy (non-hydrogen) atoms. The second kappa shape index (κ2) is 8.14. The van der Waals surface area contributed by atoms with E-state index in [-0.39, 0.29) is 6.10 Å². The average Bonchev–Trinajstić information content (AvgIpc) is 3.20. The quantitative estimate of drug-likeness (QED) is 0.638. The summed E-state index contributed by atoms with van der Waals surface area (Å²) in [5, 5.41) is 13.8. The fourth-order valence-electron chi connectivity index (χ4n) is 3.28. The molecule has 6 nitrogen and oxygen atoms in total. The standard InChI is InChI=1S/C23H20N2O4/c1-15-12-17(20-4-2-3-5-21(20)24-15)14-28-18-8-6-16(7-9-18)22-13-19(29-25-22)10-11-23(26)27/h2-12,19H,13-14H2,1H3,(H,26,27)/b11-10+. The minimum atomic E-state index is -0.999. The van der Waals surface area contributed by atoms with Crippen molar-refractivity contribution < 1.29 is 19.5 Å². The zero-order valence-electron chi connectivity index (χ0n) is 15.9. The number of nitrogens with zero attached hydrogens (tertiary/aromatic N) is 2. The third-order valence-corrected chi connectivity index (χ3v) is 4.66. The van der Waals surface area contributed by atoms with Gasteiger partial charge in [-0.25, -0.2) is 4.79 Å². The lowest BCUT2D eigenvalue weighted by atomic mass is 10.0. The number of carboxylic acid groups (broad SMARTS) is 1. The van der Waals surface area contributed by atoms with E-state index < -0.39 is 5.97 Å². The van der Waals surface area contributed by atoms with Gasteiger partial charge in [-0.1, -0.05) is 23.4 Å². The molecule has 4 rings (SSSR count). The number of aliphatic carboxylic acids is 1. The molecule has 1 aromatic heterocycles. The highest BCUT2D eigenvalue weighted by atomic mass is 16.6. The van der Waals surface area contributed by atoms with Gasteiger partial charge in [0.05, 0.1) is 11.2 Å². The minimum Gasteiger partial charge on any atom is -0.489 e. The predicted octanol–water partition coefficient (Wildman–Crippen LogP) is 4.26. The molecule has 1 unspecified atom stereocenters. The van der Waals surface area contributed by atoms with E-state index in [2.05, 4.69) is 16.2 Å². The molecule has 0 spiro atoms. The largest absolute Gasteiger partial charge is 0.489 e. The van der Waals surface area contributed by atoms with Gasteiger partial charge in [0.25, 0.3) is 0 Å². The summed E-state index contributed by atoms with van der Waals surface area (Å²) in [6.45, 7) is 2.43. The summed E-state index contributed by atoms with van der Waals surface area (Å²) in [6, 6.07) is 17.7. The Morgan fingerprint density at radius 2 is 2.03 bits per heavy atom. The number of carboxylic acids is 1. The van der Waals surface area contributed by atoms with Crippen molar-refractivity contribution in [2.24, 2.45) is 5.16 Å². The van der Waals surface area contributed by atoms with Crippen LogP contribution in [0.25, 0.3) is 10.9 Å². The third-order valence-electron chi connectivity index (χ3n) is 4.66. The first-order valence-electron chi connectivity index (χ1n) is 9.31. The number of hydrogen-bond donors (Lipinski definition) is 1. The number of para-hydroxylation sites is 1. The number of fused-ring (bicyclic) bond motifs is 1. The van der Waals surface area contributed by atoms with Gasteiger partial charge in [-0.05, 0) is 55.0 Å². The summed E-state index contributed by atoms with van der Waals surface area (Å²) in [4.78, 5) is 20.4. The van der Waals surface area contributed by atoms with E-state index in [9.17, 15) is 4.79 Å². The van der Waals surface area contributed by atoms with Crippen LogP contribution in [0.1, 0.15) is 23.2 Å². The van der Waals surface area contributed by atoms with Crippen LogP contribution in [0.3, 0.4) is 0 Å². The number of rotatable bonds is 6. The van der Waals surface area contributed by atoms with Gasteiger partial charge >= 0.3 is 5.97 Å². The maximum atomic E-state index is 10.6. The summed E-state index contributed by atoms with van der Waals surface area (Å²) in [6.07, 6.45) is 2.76. The Morgan fingerprint density at radius 1 is 1.24 bits per heavy atom. The van der Waals surface area contributed by atoms with Crippen molar-refractivity contribution in [1.82, 2.24) is 4.98 Å². The predicted molar refractivity (Wildman–Crippen MR) is 110 cm³/mol. The number of carbonyl (C=O) groups is 1. The van der Waals surface area contributed by atoms with Crippen LogP contribution in [0.4, 0.5) is 0 Å². The monoisotopic (exact) mass is 388 g/mol. The van der Waals surface area contributed by atoms with Crippen molar-refractivity contribution >= 4 is 22.6 Å². The van der Waals surface area contributed by atoms with E-state index in [1.807, 2.05) is 55.5 Å². The van der Waals surface area contributed by atoms with Crippen LogP contribution >= 0.6 is 0 Å².